The van der Waals surface area contributed by atoms with Gasteiger partial charge in [0.05, 0.1) is 17.8 Å². The molecule has 0 saturated carbocycles. The summed E-state index contributed by atoms with van der Waals surface area (Å²) < 4.78 is 0. The number of nitrogens with zero attached hydrogens (tertiary/aromatic N) is 4. The lowest BCUT2D eigenvalue weighted by Crippen LogP contribution is -2.41. The molecular formula is C15H19N5OS. The number of thiazole rings is 1. The summed E-state index contributed by atoms with van der Waals surface area (Å²) in [6, 6.07) is 0. The molecule has 0 aliphatic carbocycles. The van der Waals surface area contributed by atoms with Crippen LogP contribution in [0.3, 0.4) is 0 Å². The Bertz CT molecular complexity index is 638. The van der Waals surface area contributed by atoms with E-state index < -0.39 is 0 Å². The van der Waals surface area contributed by atoms with Gasteiger partial charge in [-0.15, -0.1) is 11.3 Å². The Morgan fingerprint density at radius 3 is 2.95 bits per heavy atom. The summed E-state index contributed by atoms with van der Waals surface area (Å²) in [7, 11) is 0. The largest absolute Gasteiger partial charge is 0.355 e. The van der Waals surface area contributed by atoms with Crippen molar-refractivity contribution in [1.82, 2.24) is 15.0 Å². The lowest BCUT2D eigenvalue weighted by molar-refractivity contribution is -0.120. The van der Waals surface area contributed by atoms with Crippen molar-refractivity contribution < 1.29 is 4.79 Å². The smallest absolute Gasteiger partial charge is 0.231 e. The van der Waals surface area contributed by atoms with Crippen LogP contribution in [0.15, 0.2) is 18.6 Å². The third-order valence-corrected chi connectivity index (χ3v) is 4.91. The summed E-state index contributed by atoms with van der Waals surface area (Å²) in [5.74, 6) is 0.837. The van der Waals surface area contributed by atoms with Crippen LogP contribution in [0.1, 0.15) is 23.4 Å². The van der Waals surface area contributed by atoms with Crippen molar-refractivity contribution in [1.29, 1.82) is 0 Å². The molecular weight excluding hydrogens is 298 g/mol. The number of amides is 1. The van der Waals surface area contributed by atoms with E-state index in [-0.39, 0.29) is 11.8 Å². The maximum Gasteiger partial charge on any atom is 0.231 e. The minimum Gasteiger partial charge on any atom is -0.355 e. The Labute approximate surface area is 133 Å². The van der Waals surface area contributed by atoms with E-state index in [9.17, 15) is 4.79 Å². The van der Waals surface area contributed by atoms with Crippen LogP contribution in [-0.2, 0) is 4.79 Å². The lowest BCUT2D eigenvalue weighted by atomic mass is 9.97. The summed E-state index contributed by atoms with van der Waals surface area (Å²) in [5.41, 5.74) is 0.977. The van der Waals surface area contributed by atoms with Gasteiger partial charge in [0.25, 0.3) is 0 Å². The van der Waals surface area contributed by atoms with Gasteiger partial charge in [-0.1, -0.05) is 0 Å². The average molecular weight is 317 g/mol. The number of anilines is 2. The third kappa shape index (κ3) is 3.24. The van der Waals surface area contributed by atoms with E-state index in [2.05, 4.69) is 25.2 Å². The van der Waals surface area contributed by atoms with E-state index in [1.54, 1.807) is 18.6 Å². The molecule has 2 aromatic heterocycles. The van der Waals surface area contributed by atoms with Crippen LogP contribution in [0.2, 0.25) is 0 Å². The predicted octanol–water partition coefficient (Wildman–Crippen LogP) is 2.41. The third-order valence-electron chi connectivity index (χ3n) is 3.92. The number of piperidine rings is 1. The second kappa shape index (κ2) is 6.39. The van der Waals surface area contributed by atoms with Crippen LogP contribution >= 0.6 is 11.3 Å². The van der Waals surface area contributed by atoms with Crippen molar-refractivity contribution >= 4 is 28.2 Å². The number of hydrogen-bond acceptors (Lipinski definition) is 6. The first-order chi connectivity index (χ1) is 10.6. The van der Waals surface area contributed by atoms with Gasteiger partial charge in [-0.2, -0.15) is 0 Å². The molecule has 0 spiro atoms. The van der Waals surface area contributed by atoms with Gasteiger partial charge in [0.1, 0.15) is 5.82 Å². The van der Waals surface area contributed by atoms with Crippen LogP contribution in [0.25, 0.3) is 0 Å². The van der Waals surface area contributed by atoms with Crippen molar-refractivity contribution in [2.75, 3.05) is 23.3 Å². The molecule has 6 nitrogen and oxygen atoms in total. The molecule has 1 atom stereocenters. The molecule has 1 amide bonds. The summed E-state index contributed by atoms with van der Waals surface area (Å²) in [6.07, 6.45) is 6.95. The van der Waals surface area contributed by atoms with Gasteiger partial charge in [-0.25, -0.2) is 9.97 Å². The van der Waals surface area contributed by atoms with Gasteiger partial charge in [-0.05, 0) is 26.7 Å². The highest BCUT2D eigenvalue weighted by atomic mass is 32.1. The molecule has 0 bridgehead atoms. The zero-order valence-corrected chi connectivity index (χ0v) is 13.6. The average Bonchev–Trinajstić information content (AvgIpc) is 2.86. The van der Waals surface area contributed by atoms with Crippen LogP contribution in [0, 0.1) is 19.8 Å². The number of hydrogen-bond donors (Lipinski definition) is 1. The zero-order valence-electron chi connectivity index (χ0n) is 12.7. The Morgan fingerprint density at radius 1 is 1.41 bits per heavy atom. The maximum absolute atomic E-state index is 12.5. The number of carbonyl (C=O) groups excluding carboxylic acids is 1. The van der Waals surface area contributed by atoms with Crippen LogP contribution < -0.4 is 10.2 Å². The fourth-order valence-corrected chi connectivity index (χ4v) is 3.40. The summed E-state index contributed by atoms with van der Waals surface area (Å²) in [5, 5.41) is 3.64. The quantitative estimate of drug-likeness (QED) is 0.941. The zero-order chi connectivity index (χ0) is 15.5. The van der Waals surface area contributed by atoms with Gasteiger partial charge >= 0.3 is 0 Å². The van der Waals surface area contributed by atoms with Gasteiger partial charge < -0.3 is 10.2 Å². The highest BCUT2D eigenvalue weighted by Gasteiger charge is 2.27. The first-order valence-corrected chi connectivity index (χ1v) is 8.21. The second-order valence-corrected chi connectivity index (χ2v) is 6.70. The monoisotopic (exact) mass is 317 g/mol. The van der Waals surface area contributed by atoms with Gasteiger partial charge in [-0.3, -0.25) is 9.78 Å². The fourth-order valence-electron chi connectivity index (χ4n) is 2.59. The van der Waals surface area contributed by atoms with E-state index >= 15 is 0 Å². The van der Waals surface area contributed by atoms with Gasteiger partial charge in [0.15, 0.2) is 5.13 Å². The molecule has 3 heterocycles. The molecule has 22 heavy (non-hydrogen) atoms. The van der Waals surface area contributed by atoms with Crippen LogP contribution in [0.5, 0.6) is 0 Å². The molecule has 1 aliphatic rings. The van der Waals surface area contributed by atoms with E-state index in [0.29, 0.717) is 11.7 Å². The van der Waals surface area contributed by atoms with Gasteiger partial charge in [0, 0.05) is 30.4 Å². The molecule has 0 unspecified atom stereocenters. The Balaban J connectivity index is 1.65. The molecule has 1 N–H and O–H groups in total. The maximum atomic E-state index is 12.5. The first kappa shape index (κ1) is 14.9. The summed E-state index contributed by atoms with van der Waals surface area (Å²) >= 11 is 1.52. The number of aryl methyl sites for hydroxylation is 2. The van der Waals surface area contributed by atoms with E-state index in [1.165, 1.54) is 11.3 Å². The van der Waals surface area contributed by atoms with E-state index in [0.717, 1.165) is 35.8 Å². The molecule has 1 aliphatic heterocycles. The molecule has 7 heteroatoms. The molecule has 1 saturated heterocycles. The minimum absolute atomic E-state index is 0.0414. The standard InChI is InChI=1S/C15H19N5OS/c1-10-11(2)22-15(18-10)19-14(21)12-4-3-7-20(9-12)13-8-16-5-6-17-13/h5-6,8,12H,3-4,7,9H2,1-2H3,(H,18,19,21)/t12-/m1/s1. The Hall–Kier alpha value is -2.02. The number of carbonyl (C=O) groups is 1. The fraction of sp³-hybridized carbons (Fsp3) is 0.467. The molecule has 0 aromatic carbocycles. The van der Waals surface area contributed by atoms with E-state index in [4.69, 9.17) is 0 Å². The Morgan fingerprint density at radius 2 is 2.27 bits per heavy atom. The van der Waals surface area contributed by atoms with Crippen molar-refractivity contribution in [2.24, 2.45) is 5.92 Å². The Kier molecular flexibility index (Phi) is 4.33. The van der Waals surface area contributed by atoms with Crippen molar-refractivity contribution in [3.05, 3.63) is 29.2 Å². The van der Waals surface area contributed by atoms with Crippen molar-refractivity contribution in [3.8, 4) is 0 Å². The first-order valence-electron chi connectivity index (χ1n) is 7.39. The highest BCUT2D eigenvalue weighted by molar-refractivity contribution is 7.15. The molecule has 116 valence electrons. The molecule has 0 radical (unpaired) electrons. The number of rotatable bonds is 3. The highest BCUT2D eigenvalue weighted by Crippen LogP contribution is 2.25. The van der Waals surface area contributed by atoms with Crippen LogP contribution in [-0.4, -0.2) is 33.9 Å². The second-order valence-electron chi connectivity index (χ2n) is 5.50. The molecule has 2 aromatic rings. The van der Waals surface area contributed by atoms with Crippen molar-refractivity contribution in [3.63, 3.8) is 0 Å². The molecule has 3 rings (SSSR count). The minimum atomic E-state index is -0.0414. The van der Waals surface area contributed by atoms with Crippen LogP contribution in [0.4, 0.5) is 10.9 Å². The van der Waals surface area contributed by atoms with Crippen molar-refractivity contribution in [2.45, 2.75) is 26.7 Å². The number of aromatic nitrogens is 3. The summed E-state index contributed by atoms with van der Waals surface area (Å²) in [4.78, 5) is 28.5. The van der Waals surface area contributed by atoms with Gasteiger partial charge in [0.2, 0.25) is 5.91 Å². The lowest BCUT2D eigenvalue weighted by Gasteiger charge is -2.32. The number of nitrogens with one attached hydrogen (secondary N) is 1. The SMILES string of the molecule is Cc1nc(NC(=O)[C@@H]2CCCN(c3cnccn3)C2)sc1C. The molecule has 1 fully saturated rings. The van der Waals surface area contributed by atoms with E-state index in [1.807, 2.05) is 13.8 Å². The normalized spacial score (nSPS) is 18.3. The predicted molar refractivity (Wildman–Crippen MR) is 87.2 cm³/mol. The summed E-state index contributed by atoms with van der Waals surface area (Å²) in [6.45, 7) is 5.56. The topological polar surface area (TPSA) is 71.0 Å².